The Morgan fingerprint density at radius 2 is 1.63 bits per heavy atom. The van der Waals surface area contributed by atoms with E-state index in [1.807, 2.05) is 6.92 Å². The molecule has 1 rings (SSSR count). The Labute approximate surface area is 182 Å². The molecule has 7 heteroatoms. The number of halogens is 1. The number of aliphatic imine (C=N–C) groups is 1. The van der Waals surface area contributed by atoms with E-state index in [0.29, 0.717) is 37.9 Å². The molecule has 4 N–H and O–H groups in total. The summed E-state index contributed by atoms with van der Waals surface area (Å²) < 4.78 is 0. The van der Waals surface area contributed by atoms with Crippen molar-refractivity contribution in [3.63, 3.8) is 0 Å². The summed E-state index contributed by atoms with van der Waals surface area (Å²) in [5, 5.41) is 20.1. The van der Waals surface area contributed by atoms with Gasteiger partial charge in [0.25, 0.3) is 0 Å². The van der Waals surface area contributed by atoms with Crippen LogP contribution < -0.4 is 16.0 Å². The van der Waals surface area contributed by atoms with Crippen LogP contribution in [0.15, 0.2) is 4.99 Å². The average Bonchev–Trinajstić information content (AvgIpc) is 3.10. The summed E-state index contributed by atoms with van der Waals surface area (Å²) in [6.45, 7) is 8.57. The van der Waals surface area contributed by atoms with Gasteiger partial charge in [-0.2, -0.15) is 0 Å². The molecule has 0 bridgehead atoms. The minimum absolute atomic E-state index is 0. The maximum atomic E-state index is 12.0. The third-order valence-electron chi connectivity index (χ3n) is 4.99. The van der Waals surface area contributed by atoms with Crippen molar-refractivity contribution in [2.75, 3.05) is 26.2 Å². The number of carbonyl (C=O) groups is 1. The van der Waals surface area contributed by atoms with Gasteiger partial charge >= 0.3 is 0 Å². The zero-order chi connectivity index (χ0) is 19.3. The number of hydrogen-bond donors (Lipinski definition) is 4. The van der Waals surface area contributed by atoms with Crippen LogP contribution in [0.3, 0.4) is 0 Å². The van der Waals surface area contributed by atoms with E-state index in [1.165, 1.54) is 25.7 Å². The topological polar surface area (TPSA) is 85.8 Å². The number of rotatable bonds is 12. The molecule has 160 valence electrons. The molecule has 27 heavy (non-hydrogen) atoms. The van der Waals surface area contributed by atoms with Crippen molar-refractivity contribution < 1.29 is 9.90 Å². The summed E-state index contributed by atoms with van der Waals surface area (Å²) in [6.07, 6.45) is 9.01. The fourth-order valence-electron chi connectivity index (χ4n) is 3.71. The van der Waals surface area contributed by atoms with Crippen LogP contribution in [0, 0.1) is 5.92 Å². The smallest absolute Gasteiger partial charge is 0.220 e. The Bertz CT molecular complexity index is 420. The third-order valence-corrected chi connectivity index (χ3v) is 4.99. The highest BCUT2D eigenvalue weighted by molar-refractivity contribution is 14.0. The highest BCUT2D eigenvalue weighted by Crippen LogP contribution is 2.27. The summed E-state index contributed by atoms with van der Waals surface area (Å²) in [5.41, 5.74) is -0.721. The number of aliphatic hydroxyl groups is 1. The van der Waals surface area contributed by atoms with Crippen LogP contribution in [0.4, 0.5) is 0 Å². The lowest BCUT2D eigenvalue weighted by atomic mass is 9.93. The summed E-state index contributed by atoms with van der Waals surface area (Å²) in [5.74, 6) is 1.43. The van der Waals surface area contributed by atoms with Gasteiger partial charge in [0, 0.05) is 26.1 Å². The Kier molecular flexibility index (Phi) is 15.0. The molecule has 0 aliphatic heterocycles. The molecule has 0 radical (unpaired) electrons. The molecule has 1 aliphatic rings. The van der Waals surface area contributed by atoms with E-state index in [2.05, 4.69) is 34.8 Å². The normalized spacial score (nSPS) is 15.3. The van der Waals surface area contributed by atoms with Crippen LogP contribution in [0.25, 0.3) is 0 Å². The fourth-order valence-corrected chi connectivity index (χ4v) is 3.71. The Balaban J connectivity index is 0.00000676. The van der Waals surface area contributed by atoms with Crippen molar-refractivity contribution in [2.24, 2.45) is 10.9 Å². The first kappa shape index (κ1) is 26.4. The quantitative estimate of drug-likeness (QED) is 0.145. The molecule has 6 nitrogen and oxygen atoms in total. The summed E-state index contributed by atoms with van der Waals surface area (Å²) in [4.78, 5) is 16.5. The van der Waals surface area contributed by atoms with Crippen molar-refractivity contribution in [1.29, 1.82) is 0 Å². The average molecular weight is 496 g/mol. The number of guanidine groups is 1. The van der Waals surface area contributed by atoms with E-state index >= 15 is 0 Å². The lowest BCUT2D eigenvalue weighted by Crippen LogP contribution is -2.43. The van der Waals surface area contributed by atoms with Crippen LogP contribution in [0.1, 0.15) is 78.6 Å². The predicted octanol–water partition coefficient (Wildman–Crippen LogP) is 3.19. The minimum Gasteiger partial charge on any atom is -0.388 e. The number of hydrogen-bond acceptors (Lipinski definition) is 3. The van der Waals surface area contributed by atoms with Crippen LogP contribution in [0.5, 0.6) is 0 Å². The first-order valence-electron chi connectivity index (χ1n) is 10.5. The Hall–Kier alpha value is -0.570. The maximum Gasteiger partial charge on any atom is 0.220 e. The summed E-state index contributed by atoms with van der Waals surface area (Å²) in [7, 11) is 0. The first-order chi connectivity index (χ1) is 12.5. The van der Waals surface area contributed by atoms with Gasteiger partial charge in [-0.1, -0.05) is 39.5 Å². The standard InChI is InChI=1S/C20H40N4O2.HI/c1-4-11-20(26,12-5-2)16-24-19(21-6-3)23-14-13-22-18(25)15-17-9-7-8-10-17;/h17,26H,4-16H2,1-3H3,(H,22,25)(H2,21,23,24);1H. The third kappa shape index (κ3) is 11.8. The zero-order valence-corrected chi connectivity index (χ0v) is 19.8. The molecule has 1 fully saturated rings. The largest absolute Gasteiger partial charge is 0.388 e. The van der Waals surface area contributed by atoms with Gasteiger partial charge in [0.2, 0.25) is 5.91 Å². The Morgan fingerprint density at radius 3 is 2.19 bits per heavy atom. The van der Waals surface area contributed by atoms with Crippen molar-refractivity contribution >= 4 is 35.8 Å². The van der Waals surface area contributed by atoms with Crippen LogP contribution in [-0.2, 0) is 4.79 Å². The fraction of sp³-hybridized carbons (Fsp3) is 0.900. The molecule has 0 aromatic heterocycles. The van der Waals surface area contributed by atoms with Crippen molar-refractivity contribution in [3.8, 4) is 0 Å². The number of nitrogens with one attached hydrogen (secondary N) is 3. The van der Waals surface area contributed by atoms with Gasteiger partial charge in [0.15, 0.2) is 5.96 Å². The van der Waals surface area contributed by atoms with Crippen LogP contribution in [-0.4, -0.2) is 48.8 Å². The van der Waals surface area contributed by atoms with E-state index in [0.717, 1.165) is 32.2 Å². The van der Waals surface area contributed by atoms with E-state index < -0.39 is 5.60 Å². The molecule has 0 saturated heterocycles. The summed E-state index contributed by atoms with van der Waals surface area (Å²) in [6, 6.07) is 0. The molecule has 0 spiro atoms. The lowest BCUT2D eigenvalue weighted by molar-refractivity contribution is -0.121. The Morgan fingerprint density at radius 1 is 1.04 bits per heavy atom. The molecule has 0 aromatic rings. The van der Waals surface area contributed by atoms with E-state index in [4.69, 9.17) is 0 Å². The molecule has 1 saturated carbocycles. The van der Waals surface area contributed by atoms with Gasteiger partial charge in [-0.3, -0.25) is 9.79 Å². The van der Waals surface area contributed by atoms with Crippen LogP contribution >= 0.6 is 24.0 Å². The van der Waals surface area contributed by atoms with E-state index in [1.54, 1.807) is 0 Å². The monoisotopic (exact) mass is 496 g/mol. The van der Waals surface area contributed by atoms with Crippen molar-refractivity contribution in [1.82, 2.24) is 16.0 Å². The summed E-state index contributed by atoms with van der Waals surface area (Å²) >= 11 is 0. The highest BCUT2D eigenvalue weighted by Gasteiger charge is 2.24. The number of nitrogens with zero attached hydrogens (tertiary/aromatic N) is 1. The molecular formula is C20H41IN4O2. The number of amides is 1. The van der Waals surface area contributed by atoms with Gasteiger partial charge in [-0.05, 0) is 38.5 Å². The molecule has 1 aliphatic carbocycles. The van der Waals surface area contributed by atoms with Crippen molar-refractivity contribution in [3.05, 3.63) is 0 Å². The SMILES string of the molecule is CCCC(O)(CCC)CN=C(NCC)NCCNC(=O)CC1CCCC1.I. The molecule has 0 atom stereocenters. The first-order valence-corrected chi connectivity index (χ1v) is 10.5. The highest BCUT2D eigenvalue weighted by atomic mass is 127. The van der Waals surface area contributed by atoms with Gasteiger partial charge in [0.1, 0.15) is 0 Å². The van der Waals surface area contributed by atoms with E-state index in [-0.39, 0.29) is 29.9 Å². The van der Waals surface area contributed by atoms with Crippen molar-refractivity contribution in [2.45, 2.75) is 84.2 Å². The molecule has 0 heterocycles. The minimum atomic E-state index is -0.721. The molecule has 0 unspecified atom stereocenters. The van der Waals surface area contributed by atoms with Crippen LogP contribution in [0.2, 0.25) is 0 Å². The zero-order valence-electron chi connectivity index (χ0n) is 17.5. The van der Waals surface area contributed by atoms with Gasteiger partial charge in [0.05, 0.1) is 12.1 Å². The van der Waals surface area contributed by atoms with E-state index in [9.17, 15) is 9.90 Å². The lowest BCUT2D eigenvalue weighted by Gasteiger charge is -2.26. The molecular weight excluding hydrogens is 455 g/mol. The van der Waals surface area contributed by atoms with Gasteiger partial charge < -0.3 is 21.1 Å². The second-order valence-electron chi connectivity index (χ2n) is 7.55. The maximum absolute atomic E-state index is 12.0. The predicted molar refractivity (Wildman–Crippen MR) is 124 cm³/mol. The second kappa shape index (κ2) is 15.4. The molecule has 1 amide bonds. The van der Waals surface area contributed by atoms with Gasteiger partial charge in [-0.15, -0.1) is 24.0 Å². The molecule has 0 aromatic carbocycles. The van der Waals surface area contributed by atoms with Gasteiger partial charge in [-0.25, -0.2) is 0 Å². The second-order valence-corrected chi connectivity index (χ2v) is 7.55. The number of carbonyl (C=O) groups excluding carboxylic acids is 1.